The van der Waals surface area contributed by atoms with Crippen molar-refractivity contribution in [2.75, 3.05) is 0 Å². The summed E-state index contributed by atoms with van der Waals surface area (Å²) in [4.78, 5) is 24.6. The molecule has 4 rings (SSSR count). The van der Waals surface area contributed by atoms with Gasteiger partial charge >= 0.3 is 0 Å². The Hall–Kier alpha value is -3.46. The van der Waals surface area contributed by atoms with E-state index in [2.05, 4.69) is 0 Å². The van der Waals surface area contributed by atoms with E-state index in [1.54, 1.807) is 0 Å². The van der Waals surface area contributed by atoms with Crippen molar-refractivity contribution in [3.63, 3.8) is 0 Å². The minimum atomic E-state index is -1.42. The summed E-state index contributed by atoms with van der Waals surface area (Å²) in [6.45, 7) is 2.75. The van der Waals surface area contributed by atoms with Gasteiger partial charge in [-0.25, -0.2) is 0 Å². The molecule has 0 aliphatic carbocycles. The lowest BCUT2D eigenvalue weighted by molar-refractivity contribution is -0.138. The number of rotatable bonds is 1. The fraction of sp³-hybridized carbons (Fsp3) is 0.222. The number of fused-ring (bicyclic) bond motifs is 6. The SMILES string of the molecule is Cc1c(O)c(O)c2c(c1C=O)C1OC(O2)c2c(O)c(O)c(O)c(C)c2C1=O. The Kier molecular flexibility index (Phi) is 3.32. The summed E-state index contributed by atoms with van der Waals surface area (Å²) >= 11 is 0. The Morgan fingerprint density at radius 3 is 2.11 bits per heavy atom. The summed E-state index contributed by atoms with van der Waals surface area (Å²) in [6, 6.07) is 0. The highest BCUT2D eigenvalue weighted by molar-refractivity contribution is 6.07. The Labute approximate surface area is 151 Å². The molecule has 9 nitrogen and oxygen atoms in total. The molecule has 2 aromatic rings. The Morgan fingerprint density at radius 1 is 0.852 bits per heavy atom. The molecule has 0 saturated heterocycles. The highest BCUT2D eigenvalue weighted by atomic mass is 16.7. The predicted molar refractivity (Wildman–Crippen MR) is 87.6 cm³/mol. The largest absolute Gasteiger partial charge is 0.504 e. The molecule has 0 radical (unpaired) electrons. The van der Waals surface area contributed by atoms with Gasteiger partial charge in [0.25, 0.3) is 0 Å². The number of aldehydes is 1. The molecule has 5 N–H and O–H groups in total. The minimum Gasteiger partial charge on any atom is -0.504 e. The number of ketones is 1. The van der Waals surface area contributed by atoms with E-state index >= 15 is 0 Å². The third kappa shape index (κ3) is 1.91. The van der Waals surface area contributed by atoms with Gasteiger partial charge in [0.15, 0.2) is 41.2 Å². The van der Waals surface area contributed by atoms with Crippen LogP contribution in [0.15, 0.2) is 0 Å². The van der Waals surface area contributed by atoms with Crippen molar-refractivity contribution in [2.45, 2.75) is 26.2 Å². The third-order valence-electron chi connectivity index (χ3n) is 5.02. The third-order valence-corrected chi connectivity index (χ3v) is 5.02. The lowest BCUT2D eigenvalue weighted by atomic mass is 9.84. The predicted octanol–water partition coefficient (Wildman–Crippen LogP) is 1.99. The van der Waals surface area contributed by atoms with Crippen LogP contribution < -0.4 is 4.74 Å². The standard InChI is InChI=1S/C18H14O9/c1-4-6(3-19)8-16-13(23)7-5(2)11(21)14(24)12(22)9(7)18(26-16)27-17(8)15(25)10(4)20/h3,16,18,20-22,24-25H,1-2H3. The number of phenols is 5. The second-order valence-electron chi connectivity index (χ2n) is 6.39. The van der Waals surface area contributed by atoms with E-state index in [1.165, 1.54) is 13.8 Å². The first kappa shape index (κ1) is 17.0. The Morgan fingerprint density at radius 2 is 1.48 bits per heavy atom. The molecule has 0 amide bonds. The van der Waals surface area contributed by atoms with E-state index in [-0.39, 0.29) is 39.1 Å². The molecule has 140 valence electrons. The first-order valence-corrected chi connectivity index (χ1v) is 7.87. The first-order chi connectivity index (χ1) is 12.7. The summed E-state index contributed by atoms with van der Waals surface area (Å²) in [5.74, 6) is -4.62. The second kappa shape index (κ2) is 5.27. The van der Waals surface area contributed by atoms with Crippen LogP contribution in [0.4, 0.5) is 0 Å². The van der Waals surface area contributed by atoms with E-state index in [1.807, 2.05) is 0 Å². The van der Waals surface area contributed by atoms with Gasteiger partial charge in [0.05, 0.1) is 5.56 Å². The lowest BCUT2D eigenvalue weighted by Gasteiger charge is -2.39. The van der Waals surface area contributed by atoms with Gasteiger partial charge in [0.2, 0.25) is 17.8 Å². The van der Waals surface area contributed by atoms with Gasteiger partial charge < -0.3 is 35.0 Å². The molecule has 2 atom stereocenters. The monoisotopic (exact) mass is 374 g/mol. The quantitative estimate of drug-likeness (QED) is 0.372. The number of carbonyl (C=O) groups is 2. The number of hydrogen-bond donors (Lipinski definition) is 5. The van der Waals surface area contributed by atoms with E-state index in [4.69, 9.17) is 9.47 Å². The fourth-order valence-electron chi connectivity index (χ4n) is 3.58. The van der Waals surface area contributed by atoms with Crippen molar-refractivity contribution in [3.05, 3.63) is 33.4 Å². The molecule has 0 saturated carbocycles. The number of aromatic hydroxyl groups is 5. The van der Waals surface area contributed by atoms with Crippen molar-refractivity contribution in [1.29, 1.82) is 0 Å². The van der Waals surface area contributed by atoms with E-state index < -0.39 is 46.9 Å². The summed E-state index contributed by atoms with van der Waals surface area (Å²) in [7, 11) is 0. The van der Waals surface area contributed by atoms with Crippen LogP contribution in [0.25, 0.3) is 0 Å². The van der Waals surface area contributed by atoms with E-state index in [0.717, 1.165) is 0 Å². The van der Waals surface area contributed by atoms with E-state index in [9.17, 15) is 35.1 Å². The Bertz CT molecular complexity index is 1050. The van der Waals surface area contributed by atoms with Gasteiger partial charge in [0.1, 0.15) is 0 Å². The highest BCUT2D eigenvalue weighted by Crippen LogP contribution is 2.58. The summed E-state index contributed by atoms with van der Waals surface area (Å²) in [5, 5.41) is 50.3. The summed E-state index contributed by atoms with van der Waals surface area (Å²) in [6.07, 6.45) is -2.39. The second-order valence-corrected chi connectivity index (χ2v) is 6.39. The minimum absolute atomic E-state index is 0.00280. The normalized spacial score (nSPS) is 19.9. The van der Waals surface area contributed by atoms with Crippen LogP contribution in [0.1, 0.15) is 55.4 Å². The van der Waals surface area contributed by atoms with Crippen LogP contribution in [0.2, 0.25) is 0 Å². The number of phenolic OH excluding ortho intramolecular Hbond substituents is 5. The molecule has 9 heteroatoms. The molecule has 2 unspecified atom stereocenters. The molecule has 0 aromatic heterocycles. The molecular weight excluding hydrogens is 360 g/mol. The molecular formula is C18H14O9. The summed E-state index contributed by atoms with van der Waals surface area (Å²) < 4.78 is 11.1. The maximum absolute atomic E-state index is 13.1. The number of ether oxygens (including phenoxy) is 2. The molecule has 27 heavy (non-hydrogen) atoms. The van der Waals surface area contributed by atoms with E-state index in [0.29, 0.717) is 6.29 Å². The van der Waals surface area contributed by atoms with Crippen molar-refractivity contribution < 1.29 is 44.6 Å². The Balaban J connectivity index is 2.07. The lowest BCUT2D eigenvalue weighted by Crippen LogP contribution is -2.35. The number of hydrogen-bond acceptors (Lipinski definition) is 9. The molecule has 2 aromatic carbocycles. The van der Waals surface area contributed by atoms with Crippen LogP contribution >= 0.6 is 0 Å². The van der Waals surface area contributed by atoms with Crippen LogP contribution in [-0.4, -0.2) is 37.6 Å². The smallest absolute Gasteiger partial charge is 0.232 e. The van der Waals surface area contributed by atoms with Crippen molar-refractivity contribution in [3.8, 4) is 34.5 Å². The molecule has 2 bridgehead atoms. The number of benzene rings is 2. The van der Waals surface area contributed by atoms with Crippen molar-refractivity contribution in [1.82, 2.24) is 0 Å². The van der Waals surface area contributed by atoms with Gasteiger partial charge in [-0.2, -0.15) is 0 Å². The van der Waals surface area contributed by atoms with Gasteiger partial charge in [0, 0.05) is 27.8 Å². The zero-order valence-corrected chi connectivity index (χ0v) is 14.1. The van der Waals surface area contributed by atoms with Crippen molar-refractivity contribution in [2.24, 2.45) is 0 Å². The fourth-order valence-corrected chi connectivity index (χ4v) is 3.58. The molecule has 2 aliphatic rings. The highest BCUT2D eigenvalue weighted by Gasteiger charge is 2.48. The van der Waals surface area contributed by atoms with Gasteiger partial charge in [-0.05, 0) is 13.8 Å². The van der Waals surface area contributed by atoms with Gasteiger partial charge in [-0.3, -0.25) is 9.59 Å². The molecule has 2 heterocycles. The summed E-state index contributed by atoms with van der Waals surface area (Å²) in [5.41, 5.74) is -0.429. The van der Waals surface area contributed by atoms with Gasteiger partial charge in [-0.15, -0.1) is 0 Å². The zero-order chi connectivity index (χ0) is 19.8. The number of Topliss-reactive ketones (excluding diaryl/α,β-unsaturated/α-hetero) is 1. The number of carbonyl (C=O) groups excluding carboxylic acids is 2. The average Bonchev–Trinajstić information content (AvgIpc) is 2.66. The van der Waals surface area contributed by atoms with Crippen LogP contribution in [0.5, 0.6) is 34.5 Å². The van der Waals surface area contributed by atoms with Gasteiger partial charge in [-0.1, -0.05) is 0 Å². The molecule has 0 fully saturated rings. The molecule has 2 aliphatic heterocycles. The topological polar surface area (TPSA) is 154 Å². The van der Waals surface area contributed by atoms with Crippen LogP contribution in [-0.2, 0) is 4.74 Å². The van der Waals surface area contributed by atoms with Crippen LogP contribution in [0, 0.1) is 13.8 Å². The maximum Gasteiger partial charge on any atom is 0.232 e. The average molecular weight is 374 g/mol. The zero-order valence-electron chi connectivity index (χ0n) is 14.1. The maximum atomic E-state index is 13.1. The van der Waals surface area contributed by atoms with Crippen molar-refractivity contribution >= 4 is 12.1 Å². The van der Waals surface area contributed by atoms with Crippen LogP contribution in [0.3, 0.4) is 0 Å². The first-order valence-electron chi connectivity index (χ1n) is 7.87. The molecule has 0 spiro atoms.